The molecule has 2 aromatic rings. The van der Waals surface area contributed by atoms with E-state index >= 15 is 0 Å². The molecule has 6 nitrogen and oxygen atoms in total. The quantitative estimate of drug-likeness (QED) is 0.183. The van der Waals surface area contributed by atoms with Crippen LogP contribution >= 0.6 is 24.0 Å². The van der Waals surface area contributed by atoms with Crippen molar-refractivity contribution in [1.82, 2.24) is 15.4 Å². The van der Waals surface area contributed by atoms with Crippen molar-refractivity contribution in [3.8, 4) is 0 Å². The predicted molar refractivity (Wildman–Crippen MR) is 130 cm³/mol. The monoisotopic (exact) mass is 548 g/mol. The largest absolute Gasteiger partial charge is 0.356 e. The van der Waals surface area contributed by atoms with E-state index in [4.69, 9.17) is 0 Å². The van der Waals surface area contributed by atoms with E-state index in [1.165, 1.54) is 18.2 Å². The number of guanidine groups is 1. The maximum absolute atomic E-state index is 13.3. The maximum Gasteiger partial charge on any atom is 0.240 e. The summed E-state index contributed by atoms with van der Waals surface area (Å²) in [5, 5.41) is 6.43. The van der Waals surface area contributed by atoms with Gasteiger partial charge in [0.2, 0.25) is 10.0 Å². The normalized spacial score (nSPS) is 11.6. The van der Waals surface area contributed by atoms with E-state index in [9.17, 15) is 12.8 Å². The fourth-order valence-electron chi connectivity index (χ4n) is 2.72. The fraction of sp³-hybridized carbons (Fsp3) is 0.381. The van der Waals surface area contributed by atoms with Gasteiger partial charge in [-0.25, -0.2) is 17.5 Å². The molecular weight excluding hydrogens is 518 g/mol. The summed E-state index contributed by atoms with van der Waals surface area (Å²) in [5.41, 5.74) is 1.37. The number of aliphatic imine (C=N–C) groups is 1. The van der Waals surface area contributed by atoms with Gasteiger partial charge in [0.05, 0.1) is 4.90 Å². The second-order valence-electron chi connectivity index (χ2n) is 6.66. The molecule has 2 aromatic carbocycles. The van der Waals surface area contributed by atoms with Crippen LogP contribution in [0, 0.1) is 5.82 Å². The number of nitrogens with one attached hydrogen (secondary N) is 3. The molecule has 0 aromatic heterocycles. The first-order valence-electron chi connectivity index (χ1n) is 9.72. The summed E-state index contributed by atoms with van der Waals surface area (Å²) in [7, 11) is -2.00. The summed E-state index contributed by atoms with van der Waals surface area (Å²) in [6.45, 7) is 3.46. The summed E-state index contributed by atoms with van der Waals surface area (Å²) in [6.07, 6.45) is 3.39. The zero-order valence-corrected chi connectivity index (χ0v) is 20.5. The number of hydrogen-bond donors (Lipinski definition) is 3. The molecule has 0 aliphatic carbocycles. The van der Waals surface area contributed by atoms with Crippen LogP contribution in [0.2, 0.25) is 0 Å². The minimum absolute atomic E-state index is 0. The lowest BCUT2D eigenvalue weighted by molar-refractivity contribution is 0.580. The fourth-order valence-corrected chi connectivity index (χ4v) is 3.81. The second-order valence-corrected chi connectivity index (χ2v) is 8.43. The lowest BCUT2D eigenvalue weighted by Crippen LogP contribution is -2.37. The molecule has 2 rings (SSSR count). The average Bonchev–Trinajstić information content (AvgIpc) is 2.72. The molecule has 0 bridgehead atoms. The van der Waals surface area contributed by atoms with Gasteiger partial charge in [-0.3, -0.25) is 4.99 Å². The van der Waals surface area contributed by atoms with Gasteiger partial charge in [-0.15, -0.1) is 24.0 Å². The number of nitrogens with zero attached hydrogens (tertiary/aromatic N) is 1. The van der Waals surface area contributed by atoms with E-state index in [0.717, 1.165) is 31.4 Å². The molecule has 0 heterocycles. The molecule has 3 N–H and O–H groups in total. The van der Waals surface area contributed by atoms with Crippen LogP contribution in [-0.4, -0.2) is 28.0 Å². The third-order valence-corrected chi connectivity index (χ3v) is 5.72. The van der Waals surface area contributed by atoms with Crippen LogP contribution < -0.4 is 15.4 Å². The van der Waals surface area contributed by atoms with Crippen LogP contribution in [0.25, 0.3) is 0 Å². The summed E-state index contributed by atoms with van der Waals surface area (Å²) in [6, 6.07) is 12.6. The first-order chi connectivity index (χ1) is 13.9. The first kappa shape index (κ1) is 26.3. The van der Waals surface area contributed by atoms with Gasteiger partial charge in [0.25, 0.3) is 0 Å². The van der Waals surface area contributed by atoms with Crippen molar-refractivity contribution in [2.45, 2.75) is 44.2 Å². The Hall–Kier alpha value is -1.72. The standard InChI is InChI=1S/C21H29FN4O2S.HI/c1-3-4-5-12-24-21(23-2)25-15-18-9-7-11-20(14-18)29(27,28)26-16-17-8-6-10-19(22)13-17;/h6-11,13-14,26H,3-5,12,15-16H2,1-2H3,(H2,23,24,25);1H. The molecule has 0 atom stereocenters. The van der Waals surface area contributed by atoms with Crippen LogP contribution in [0.4, 0.5) is 4.39 Å². The van der Waals surface area contributed by atoms with Crippen molar-refractivity contribution >= 4 is 40.0 Å². The number of sulfonamides is 1. The van der Waals surface area contributed by atoms with Crippen LogP contribution in [-0.2, 0) is 23.1 Å². The minimum atomic E-state index is -3.70. The third kappa shape index (κ3) is 8.97. The van der Waals surface area contributed by atoms with Gasteiger partial charge in [-0.05, 0) is 41.8 Å². The Morgan fingerprint density at radius 3 is 2.37 bits per heavy atom. The highest BCUT2D eigenvalue weighted by atomic mass is 127. The Morgan fingerprint density at radius 2 is 1.70 bits per heavy atom. The molecule has 0 radical (unpaired) electrons. The van der Waals surface area contributed by atoms with Crippen molar-refractivity contribution in [3.63, 3.8) is 0 Å². The summed E-state index contributed by atoms with van der Waals surface area (Å²) >= 11 is 0. The van der Waals surface area contributed by atoms with E-state index < -0.39 is 15.8 Å². The van der Waals surface area contributed by atoms with Crippen LogP contribution in [0.15, 0.2) is 58.4 Å². The number of benzene rings is 2. The second kappa shape index (κ2) is 13.6. The Bertz CT molecular complexity index is 923. The first-order valence-corrected chi connectivity index (χ1v) is 11.2. The third-order valence-electron chi connectivity index (χ3n) is 4.32. The van der Waals surface area contributed by atoms with Crippen LogP contribution in [0.5, 0.6) is 0 Å². The molecule has 30 heavy (non-hydrogen) atoms. The Morgan fingerprint density at radius 1 is 1.00 bits per heavy atom. The van der Waals surface area contributed by atoms with Gasteiger partial charge in [0.1, 0.15) is 5.82 Å². The predicted octanol–water partition coefficient (Wildman–Crippen LogP) is 3.78. The summed E-state index contributed by atoms with van der Waals surface area (Å²) in [5.74, 6) is 0.282. The lowest BCUT2D eigenvalue weighted by Gasteiger charge is -2.13. The van der Waals surface area contributed by atoms with Crippen molar-refractivity contribution < 1.29 is 12.8 Å². The SMILES string of the molecule is CCCCCNC(=NC)NCc1cccc(S(=O)(=O)NCc2cccc(F)c2)c1.I. The zero-order valence-electron chi connectivity index (χ0n) is 17.3. The Balaban J connectivity index is 0.00000450. The van der Waals surface area contributed by atoms with E-state index in [1.807, 2.05) is 6.07 Å². The summed E-state index contributed by atoms with van der Waals surface area (Å²) < 4.78 is 40.9. The van der Waals surface area contributed by atoms with Crippen molar-refractivity contribution in [2.75, 3.05) is 13.6 Å². The highest BCUT2D eigenvalue weighted by Gasteiger charge is 2.14. The number of halogens is 2. The number of hydrogen-bond acceptors (Lipinski definition) is 3. The molecule has 0 aliphatic heterocycles. The summed E-state index contributed by atoms with van der Waals surface area (Å²) in [4.78, 5) is 4.34. The zero-order chi connectivity index (χ0) is 21.1. The highest BCUT2D eigenvalue weighted by molar-refractivity contribution is 14.0. The highest BCUT2D eigenvalue weighted by Crippen LogP contribution is 2.13. The van der Waals surface area contributed by atoms with Crippen LogP contribution in [0.3, 0.4) is 0 Å². The van der Waals surface area contributed by atoms with Gasteiger partial charge >= 0.3 is 0 Å². The minimum Gasteiger partial charge on any atom is -0.356 e. The Kier molecular flexibility index (Phi) is 11.9. The van der Waals surface area contributed by atoms with E-state index in [0.29, 0.717) is 18.1 Å². The van der Waals surface area contributed by atoms with Crippen molar-refractivity contribution in [3.05, 3.63) is 65.5 Å². The number of unbranched alkanes of at least 4 members (excludes halogenated alkanes) is 2. The molecule has 0 saturated heterocycles. The van der Waals surface area contributed by atoms with Gasteiger partial charge < -0.3 is 10.6 Å². The number of rotatable bonds is 10. The van der Waals surface area contributed by atoms with E-state index in [-0.39, 0.29) is 35.4 Å². The van der Waals surface area contributed by atoms with Gasteiger partial charge in [-0.2, -0.15) is 0 Å². The maximum atomic E-state index is 13.3. The molecule has 9 heteroatoms. The smallest absolute Gasteiger partial charge is 0.240 e. The Labute approximate surface area is 195 Å². The van der Waals surface area contributed by atoms with Gasteiger partial charge in [0, 0.05) is 26.7 Å². The van der Waals surface area contributed by atoms with Gasteiger partial charge in [0.15, 0.2) is 5.96 Å². The molecule has 0 unspecified atom stereocenters. The molecule has 166 valence electrons. The lowest BCUT2D eigenvalue weighted by atomic mass is 10.2. The molecule has 0 amide bonds. The molecule has 0 saturated carbocycles. The van der Waals surface area contributed by atoms with Crippen molar-refractivity contribution in [1.29, 1.82) is 0 Å². The van der Waals surface area contributed by atoms with Gasteiger partial charge in [-0.1, -0.05) is 44.0 Å². The van der Waals surface area contributed by atoms with E-state index in [2.05, 4.69) is 27.3 Å². The molecule has 0 aliphatic rings. The molecular formula is C21H30FIN4O2S. The van der Waals surface area contributed by atoms with E-state index in [1.54, 1.807) is 31.3 Å². The topological polar surface area (TPSA) is 82.6 Å². The molecule has 0 spiro atoms. The van der Waals surface area contributed by atoms with Crippen molar-refractivity contribution in [2.24, 2.45) is 4.99 Å². The van der Waals surface area contributed by atoms with Crippen LogP contribution in [0.1, 0.15) is 37.3 Å². The molecule has 0 fully saturated rings. The average molecular weight is 548 g/mol.